The van der Waals surface area contributed by atoms with Crippen molar-refractivity contribution in [2.75, 3.05) is 19.3 Å². The molecular formula is C9H18N4O4S2. The predicted molar refractivity (Wildman–Crippen MR) is 70.6 cm³/mol. The molecule has 1 aromatic rings. The van der Waals surface area contributed by atoms with Crippen LogP contribution in [-0.2, 0) is 26.5 Å². The number of hydrogen-bond donors (Lipinski definition) is 3. The Morgan fingerprint density at radius 3 is 2.37 bits per heavy atom. The van der Waals surface area contributed by atoms with Gasteiger partial charge in [-0.05, 0) is 6.42 Å². The van der Waals surface area contributed by atoms with E-state index in [0.29, 0.717) is 18.7 Å². The lowest BCUT2D eigenvalue weighted by molar-refractivity contribution is 0.572. The zero-order valence-electron chi connectivity index (χ0n) is 10.8. The minimum absolute atomic E-state index is 0.0143. The topological polar surface area (TPSA) is 121 Å². The molecule has 0 fully saturated rings. The molecule has 8 nitrogen and oxygen atoms in total. The molecule has 1 heterocycles. The third kappa shape index (κ3) is 5.68. The summed E-state index contributed by atoms with van der Waals surface area (Å²) in [4.78, 5) is 6.61. The van der Waals surface area contributed by atoms with Gasteiger partial charge in [0.15, 0.2) is 5.03 Å². The summed E-state index contributed by atoms with van der Waals surface area (Å²) in [6.07, 6.45) is 3.29. The van der Waals surface area contributed by atoms with E-state index >= 15 is 0 Å². The number of sulfonamides is 2. The first-order chi connectivity index (χ1) is 8.74. The van der Waals surface area contributed by atoms with Crippen molar-refractivity contribution in [1.82, 2.24) is 19.4 Å². The molecule has 0 aromatic carbocycles. The summed E-state index contributed by atoms with van der Waals surface area (Å²) in [7, 11) is -6.85. The average molecular weight is 310 g/mol. The molecule has 3 N–H and O–H groups in total. The van der Waals surface area contributed by atoms with Gasteiger partial charge in [0.25, 0.3) is 10.0 Å². The molecule has 0 aliphatic carbocycles. The zero-order valence-corrected chi connectivity index (χ0v) is 12.4. The van der Waals surface area contributed by atoms with Crippen molar-refractivity contribution >= 4 is 20.0 Å². The number of hydrogen-bond acceptors (Lipinski definition) is 5. The molecule has 0 aliphatic rings. The maximum absolute atomic E-state index is 11.8. The molecule has 0 radical (unpaired) electrons. The van der Waals surface area contributed by atoms with Gasteiger partial charge in [-0.15, -0.1) is 0 Å². The van der Waals surface area contributed by atoms with Gasteiger partial charge in [0.2, 0.25) is 10.0 Å². The van der Waals surface area contributed by atoms with Crippen LogP contribution in [0, 0.1) is 0 Å². The number of aromatic nitrogens is 2. The van der Waals surface area contributed by atoms with E-state index in [1.807, 2.05) is 6.92 Å². The van der Waals surface area contributed by atoms with E-state index in [1.54, 1.807) is 0 Å². The molecule has 0 unspecified atom stereocenters. The standard InChI is InChI=1S/C9H18N4O4S2/c1-3-8-10-7-9(13-8)19(16,17)12-6-4-5-11-18(2,14)15/h7,11-12H,3-6H2,1-2H3,(H,10,13). The number of aryl methyl sites for hydroxylation is 1. The van der Waals surface area contributed by atoms with Gasteiger partial charge >= 0.3 is 0 Å². The quantitative estimate of drug-likeness (QED) is 0.542. The van der Waals surface area contributed by atoms with Crippen molar-refractivity contribution in [2.24, 2.45) is 0 Å². The molecule has 10 heteroatoms. The Kier molecular flexibility index (Phi) is 5.47. The minimum atomic E-state index is -3.61. The van der Waals surface area contributed by atoms with Gasteiger partial charge in [-0.25, -0.2) is 31.3 Å². The number of imidazole rings is 1. The highest BCUT2D eigenvalue weighted by molar-refractivity contribution is 7.89. The van der Waals surface area contributed by atoms with E-state index in [1.165, 1.54) is 6.20 Å². The number of aromatic amines is 1. The van der Waals surface area contributed by atoms with Gasteiger partial charge in [0, 0.05) is 19.5 Å². The fourth-order valence-electron chi connectivity index (χ4n) is 1.29. The Morgan fingerprint density at radius 1 is 1.21 bits per heavy atom. The molecule has 1 rings (SSSR count). The maximum Gasteiger partial charge on any atom is 0.257 e. The van der Waals surface area contributed by atoms with E-state index in [-0.39, 0.29) is 18.1 Å². The molecule has 19 heavy (non-hydrogen) atoms. The smallest absolute Gasteiger partial charge is 0.257 e. The van der Waals surface area contributed by atoms with Gasteiger partial charge in [-0.2, -0.15) is 0 Å². The number of rotatable bonds is 8. The van der Waals surface area contributed by atoms with Crippen LogP contribution in [0.4, 0.5) is 0 Å². The fraction of sp³-hybridized carbons (Fsp3) is 0.667. The molecule has 0 aliphatic heterocycles. The molecular weight excluding hydrogens is 292 g/mol. The van der Waals surface area contributed by atoms with E-state index in [9.17, 15) is 16.8 Å². The molecule has 0 atom stereocenters. The van der Waals surface area contributed by atoms with Crippen molar-refractivity contribution in [3.63, 3.8) is 0 Å². The van der Waals surface area contributed by atoms with Crippen LogP contribution in [-0.4, -0.2) is 46.1 Å². The fourth-order valence-corrected chi connectivity index (χ4v) is 2.82. The lowest BCUT2D eigenvalue weighted by Gasteiger charge is -2.05. The Morgan fingerprint density at radius 2 is 1.84 bits per heavy atom. The third-order valence-electron chi connectivity index (χ3n) is 2.24. The van der Waals surface area contributed by atoms with Crippen LogP contribution in [0.25, 0.3) is 0 Å². The van der Waals surface area contributed by atoms with Gasteiger partial charge in [-0.3, -0.25) is 0 Å². The lowest BCUT2D eigenvalue weighted by Crippen LogP contribution is -2.29. The Balaban J connectivity index is 2.43. The summed E-state index contributed by atoms with van der Waals surface area (Å²) in [5.74, 6) is 0.596. The van der Waals surface area contributed by atoms with Crippen LogP contribution in [0.5, 0.6) is 0 Å². The molecule has 1 aromatic heterocycles. The van der Waals surface area contributed by atoms with Crippen molar-refractivity contribution in [2.45, 2.75) is 24.8 Å². The highest BCUT2D eigenvalue weighted by Gasteiger charge is 2.16. The minimum Gasteiger partial charge on any atom is -0.332 e. The SMILES string of the molecule is CCc1ncc(S(=O)(=O)NCCCNS(C)(=O)=O)[nH]1. The second-order valence-electron chi connectivity index (χ2n) is 3.97. The molecule has 0 bridgehead atoms. The maximum atomic E-state index is 11.8. The number of nitrogens with zero attached hydrogens (tertiary/aromatic N) is 1. The van der Waals surface area contributed by atoms with Gasteiger partial charge in [0.1, 0.15) is 5.82 Å². The normalized spacial score (nSPS) is 12.7. The summed E-state index contributed by atoms with van der Waals surface area (Å²) >= 11 is 0. The van der Waals surface area contributed by atoms with Crippen LogP contribution in [0.15, 0.2) is 11.2 Å². The Bertz CT molecular complexity index is 606. The van der Waals surface area contributed by atoms with E-state index < -0.39 is 20.0 Å². The molecule has 0 saturated heterocycles. The molecule has 0 saturated carbocycles. The largest absolute Gasteiger partial charge is 0.332 e. The van der Waals surface area contributed by atoms with Crippen molar-refractivity contribution in [1.29, 1.82) is 0 Å². The number of nitrogens with one attached hydrogen (secondary N) is 3. The number of H-pyrrole nitrogens is 1. The summed E-state index contributed by atoms with van der Waals surface area (Å²) in [5.41, 5.74) is 0. The van der Waals surface area contributed by atoms with Crippen LogP contribution < -0.4 is 9.44 Å². The van der Waals surface area contributed by atoms with Crippen molar-refractivity contribution < 1.29 is 16.8 Å². The average Bonchev–Trinajstić information content (AvgIpc) is 2.76. The molecule has 0 spiro atoms. The second-order valence-corrected chi connectivity index (χ2v) is 7.53. The van der Waals surface area contributed by atoms with Crippen molar-refractivity contribution in [3.8, 4) is 0 Å². The van der Waals surface area contributed by atoms with Gasteiger partial charge in [-0.1, -0.05) is 6.92 Å². The summed E-state index contributed by atoms with van der Waals surface area (Å²) in [6, 6.07) is 0. The van der Waals surface area contributed by atoms with Crippen LogP contribution >= 0.6 is 0 Å². The monoisotopic (exact) mass is 310 g/mol. The van der Waals surface area contributed by atoms with Crippen molar-refractivity contribution in [3.05, 3.63) is 12.0 Å². The van der Waals surface area contributed by atoms with Crippen LogP contribution in [0.3, 0.4) is 0 Å². The summed E-state index contributed by atoms with van der Waals surface area (Å²) in [6.45, 7) is 2.19. The van der Waals surface area contributed by atoms with E-state index in [2.05, 4.69) is 19.4 Å². The highest BCUT2D eigenvalue weighted by atomic mass is 32.2. The third-order valence-corrected chi connectivity index (χ3v) is 4.34. The van der Waals surface area contributed by atoms with E-state index in [0.717, 1.165) is 6.26 Å². The highest BCUT2D eigenvalue weighted by Crippen LogP contribution is 2.05. The van der Waals surface area contributed by atoms with Gasteiger partial charge in [0.05, 0.1) is 12.5 Å². The van der Waals surface area contributed by atoms with Gasteiger partial charge < -0.3 is 4.98 Å². The molecule has 110 valence electrons. The second kappa shape index (κ2) is 6.46. The zero-order chi connectivity index (χ0) is 14.5. The summed E-state index contributed by atoms with van der Waals surface area (Å²) < 4.78 is 49.8. The first-order valence-corrected chi connectivity index (χ1v) is 9.10. The van der Waals surface area contributed by atoms with Crippen LogP contribution in [0.2, 0.25) is 0 Å². The summed E-state index contributed by atoms with van der Waals surface area (Å²) in [5, 5.41) is 0.0143. The lowest BCUT2D eigenvalue weighted by atomic mass is 10.4. The Labute approximate surface area is 113 Å². The Hall–Kier alpha value is -0.970. The van der Waals surface area contributed by atoms with E-state index in [4.69, 9.17) is 0 Å². The first kappa shape index (κ1) is 16.1. The van der Waals surface area contributed by atoms with Crippen LogP contribution in [0.1, 0.15) is 19.2 Å². The predicted octanol–water partition coefficient (Wildman–Crippen LogP) is -0.810. The first-order valence-electron chi connectivity index (χ1n) is 5.73. The molecule has 0 amide bonds.